The summed E-state index contributed by atoms with van der Waals surface area (Å²) < 4.78 is 13.4. The normalized spacial score (nSPS) is 32.5. The Kier molecular flexibility index (Phi) is 4.26. The molecule has 0 aliphatic carbocycles. The van der Waals surface area contributed by atoms with Gasteiger partial charge in [0.2, 0.25) is 5.91 Å². The van der Waals surface area contributed by atoms with Crippen LogP contribution in [0.5, 0.6) is 0 Å². The molecule has 2 aliphatic rings. The second kappa shape index (κ2) is 6.15. The van der Waals surface area contributed by atoms with Crippen LogP contribution in [0.4, 0.5) is 0 Å². The van der Waals surface area contributed by atoms with Gasteiger partial charge in [-0.3, -0.25) is 4.79 Å². The number of aromatic nitrogens is 2. The number of carbonyl (C=O) groups excluding carboxylic acids is 1. The molecule has 116 valence electrons. The summed E-state index contributed by atoms with van der Waals surface area (Å²) in [7, 11) is 0. The molecule has 1 amide bonds. The Morgan fingerprint density at radius 1 is 1.43 bits per heavy atom. The van der Waals surface area contributed by atoms with Crippen molar-refractivity contribution < 1.29 is 14.3 Å². The number of imidazole rings is 1. The summed E-state index contributed by atoms with van der Waals surface area (Å²) in [5, 5.41) is 3.14. The Morgan fingerprint density at radius 2 is 2.24 bits per heavy atom. The molecule has 0 radical (unpaired) electrons. The van der Waals surface area contributed by atoms with Crippen LogP contribution in [-0.2, 0) is 20.8 Å². The molecule has 21 heavy (non-hydrogen) atoms. The number of hydrogen-bond donors (Lipinski definition) is 1. The van der Waals surface area contributed by atoms with Gasteiger partial charge in [0.05, 0.1) is 18.1 Å². The lowest BCUT2D eigenvalue weighted by atomic mass is 10.0. The van der Waals surface area contributed by atoms with E-state index in [0.29, 0.717) is 13.2 Å². The molecule has 1 N–H and O–H groups in total. The van der Waals surface area contributed by atoms with Gasteiger partial charge in [-0.15, -0.1) is 0 Å². The van der Waals surface area contributed by atoms with Crippen molar-refractivity contribution in [1.29, 1.82) is 0 Å². The van der Waals surface area contributed by atoms with Crippen LogP contribution in [-0.4, -0.2) is 40.8 Å². The third kappa shape index (κ3) is 2.82. The summed E-state index contributed by atoms with van der Waals surface area (Å²) in [6, 6.07) is -0.00185. The minimum absolute atomic E-state index is 0.00185. The van der Waals surface area contributed by atoms with Gasteiger partial charge in [-0.2, -0.15) is 0 Å². The maximum absolute atomic E-state index is 12.4. The molecule has 1 aromatic rings. The molecular weight excluding hydrogens is 270 g/mol. The molecule has 6 nitrogen and oxygen atoms in total. The molecular formula is C15H23N3O3. The molecule has 3 rings (SSSR count). The topological polar surface area (TPSA) is 65.4 Å². The average molecular weight is 293 g/mol. The van der Waals surface area contributed by atoms with Gasteiger partial charge in [0.15, 0.2) is 0 Å². The van der Waals surface area contributed by atoms with Gasteiger partial charge >= 0.3 is 0 Å². The van der Waals surface area contributed by atoms with Crippen molar-refractivity contribution in [3.8, 4) is 0 Å². The smallest absolute Gasteiger partial charge is 0.226 e. The minimum atomic E-state index is -0.151. The van der Waals surface area contributed by atoms with Crippen LogP contribution in [0.1, 0.15) is 38.6 Å². The van der Waals surface area contributed by atoms with Crippen molar-refractivity contribution in [3.63, 3.8) is 0 Å². The van der Waals surface area contributed by atoms with Gasteiger partial charge in [0, 0.05) is 32.2 Å². The molecule has 0 bridgehead atoms. The Morgan fingerprint density at radius 3 is 2.95 bits per heavy atom. The first-order chi connectivity index (χ1) is 10.2. The number of carbonyl (C=O) groups is 1. The first-order valence-corrected chi connectivity index (χ1v) is 7.75. The highest BCUT2D eigenvalue weighted by atomic mass is 16.5. The lowest BCUT2D eigenvalue weighted by Gasteiger charge is -2.22. The minimum Gasteiger partial charge on any atom is -0.378 e. The third-order valence-electron chi connectivity index (χ3n) is 4.48. The number of nitrogens with zero attached hydrogens (tertiary/aromatic N) is 2. The number of rotatable bonds is 4. The van der Waals surface area contributed by atoms with E-state index < -0.39 is 0 Å². The van der Waals surface area contributed by atoms with E-state index in [-0.39, 0.29) is 30.1 Å². The van der Waals surface area contributed by atoms with Crippen molar-refractivity contribution in [2.75, 3.05) is 13.2 Å². The van der Waals surface area contributed by atoms with Gasteiger partial charge in [0.1, 0.15) is 11.9 Å². The highest BCUT2D eigenvalue weighted by molar-refractivity contribution is 5.79. The van der Waals surface area contributed by atoms with Gasteiger partial charge in [-0.05, 0) is 26.7 Å². The number of amides is 1. The zero-order valence-electron chi connectivity index (χ0n) is 12.6. The fraction of sp³-hybridized carbons (Fsp3) is 0.733. The van der Waals surface area contributed by atoms with E-state index in [9.17, 15) is 4.79 Å². The third-order valence-corrected chi connectivity index (χ3v) is 4.48. The lowest BCUT2D eigenvalue weighted by Crippen LogP contribution is -2.42. The predicted molar refractivity (Wildman–Crippen MR) is 76.7 cm³/mol. The second-order valence-corrected chi connectivity index (χ2v) is 5.74. The Hall–Kier alpha value is -1.40. The van der Waals surface area contributed by atoms with Crippen LogP contribution >= 0.6 is 0 Å². The molecule has 0 aromatic carbocycles. The van der Waals surface area contributed by atoms with E-state index in [2.05, 4.69) is 21.8 Å². The molecule has 2 saturated heterocycles. The SMILES string of the molecule is CCn1ccnc1[C@H]1OCC[C@@H]1NC(=O)[C@H]1CCO[C@@H]1C. The first-order valence-electron chi connectivity index (χ1n) is 7.75. The van der Waals surface area contributed by atoms with Gasteiger partial charge in [0.25, 0.3) is 0 Å². The summed E-state index contributed by atoms with van der Waals surface area (Å²) in [4.78, 5) is 16.8. The summed E-state index contributed by atoms with van der Waals surface area (Å²) in [6.07, 6.45) is 5.21. The molecule has 2 aliphatic heterocycles. The number of aryl methyl sites for hydroxylation is 1. The molecule has 0 unspecified atom stereocenters. The van der Waals surface area contributed by atoms with Crippen LogP contribution < -0.4 is 5.32 Å². The molecule has 2 fully saturated rings. The molecule has 0 saturated carbocycles. The van der Waals surface area contributed by atoms with Crippen LogP contribution in [0.25, 0.3) is 0 Å². The second-order valence-electron chi connectivity index (χ2n) is 5.74. The zero-order chi connectivity index (χ0) is 14.8. The van der Waals surface area contributed by atoms with E-state index in [1.165, 1.54) is 0 Å². The molecule has 4 atom stereocenters. The Balaban J connectivity index is 1.68. The zero-order valence-corrected chi connectivity index (χ0v) is 12.6. The lowest BCUT2D eigenvalue weighted by molar-refractivity contribution is -0.127. The largest absolute Gasteiger partial charge is 0.378 e. The van der Waals surface area contributed by atoms with Gasteiger partial charge < -0.3 is 19.4 Å². The van der Waals surface area contributed by atoms with Crippen LogP contribution in [0.15, 0.2) is 12.4 Å². The first kappa shape index (κ1) is 14.5. The average Bonchev–Trinajstić information content (AvgIpc) is 3.17. The maximum Gasteiger partial charge on any atom is 0.226 e. The van der Waals surface area contributed by atoms with Crippen molar-refractivity contribution in [2.45, 2.75) is 51.5 Å². The number of ether oxygens (including phenoxy) is 2. The van der Waals surface area contributed by atoms with E-state index in [1.54, 1.807) is 6.20 Å². The molecule has 6 heteroatoms. The monoisotopic (exact) mass is 293 g/mol. The van der Waals surface area contributed by atoms with E-state index >= 15 is 0 Å². The maximum atomic E-state index is 12.4. The highest BCUT2D eigenvalue weighted by Crippen LogP contribution is 2.29. The quantitative estimate of drug-likeness (QED) is 0.908. The van der Waals surface area contributed by atoms with Crippen LogP contribution in [0.2, 0.25) is 0 Å². The van der Waals surface area contributed by atoms with Crippen molar-refractivity contribution in [1.82, 2.24) is 14.9 Å². The van der Waals surface area contributed by atoms with Crippen molar-refractivity contribution in [3.05, 3.63) is 18.2 Å². The summed E-state index contributed by atoms with van der Waals surface area (Å²) in [5.74, 6) is 0.934. The highest BCUT2D eigenvalue weighted by Gasteiger charge is 2.37. The molecule has 1 aromatic heterocycles. The summed E-state index contributed by atoms with van der Waals surface area (Å²) in [6.45, 7) is 6.21. The fourth-order valence-electron chi connectivity index (χ4n) is 3.20. The van der Waals surface area contributed by atoms with E-state index in [4.69, 9.17) is 9.47 Å². The molecule has 3 heterocycles. The summed E-state index contributed by atoms with van der Waals surface area (Å²) >= 11 is 0. The van der Waals surface area contributed by atoms with E-state index in [0.717, 1.165) is 25.2 Å². The Bertz CT molecular complexity index is 502. The van der Waals surface area contributed by atoms with Crippen molar-refractivity contribution >= 4 is 5.91 Å². The Labute approximate surface area is 124 Å². The van der Waals surface area contributed by atoms with Crippen molar-refractivity contribution in [2.24, 2.45) is 5.92 Å². The van der Waals surface area contributed by atoms with E-state index in [1.807, 2.05) is 13.1 Å². The van der Waals surface area contributed by atoms with Gasteiger partial charge in [-0.25, -0.2) is 4.98 Å². The summed E-state index contributed by atoms with van der Waals surface area (Å²) in [5.41, 5.74) is 0. The standard InChI is InChI=1S/C15H23N3O3/c1-3-18-7-6-16-14(18)13-12(5-9-21-13)17-15(19)11-4-8-20-10(11)2/h6-7,10-13H,3-5,8-9H2,1-2H3,(H,17,19)/t10-,11+,12+,13+/m1/s1. The molecule has 0 spiro atoms. The predicted octanol–water partition coefficient (Wildman–Crippen LogP) is 1.27. The van der Waals surface area contributed by atoms with Crippen LogP contribution in [0, 0.1) is 5.92 Å². The van der Waals surface area contributed by atoms with Gasteiger partial charge in [-0.1, -0.05) is 0 Å². The number of nitrogens with one attached hydrogen (secondary N) is 1. The fourth-order valence-corrected chi connectivity index (χ4v) is 3.20. The number of hydrogen-bond acceptors (Lipinski definition) is 4. The van der Waals surface area contributed by atoms with Crippen LogP contribution in [0.3, 0.4) is 0 Å².